The largest absolute Gasteiger partial charge is 0.461 e. The Hall–Kier alpha value is -3.34. The second kappa shape index (κ2) is 6.19. The zero-order chi connectivity index (χ0) is 18.3. The van der Waals surface area contributed by atoms with E-state index in [1.54, 1.807) is 13.0 Å². The normalized spacial score (nSPS) is 11.2. The van der Waals surface area contributed by atoms with Crippen molar-refractivity contribution in [2.75, 3.05) is 6.61 Å². The van der Waals surface area contributed by atoms with Gasteiger partial charge in [-0.15, -0.1) is 0 Å². The molecule has 0 saturated carbocycles. The number of ether oxygens (including phenoxy) is 1. The molecule has 2 heterocycles. The number of aryl methyl sites for hydroxylation is 1. The number of hydrogen-bond acceptors (Lipinski definition) is 3. The third kappa shape index (κ3) is 2.49. The molecule has 0 aliphatic carbocycles. The van der Waals surface area contributed by atoms with Gasteiger partial charge in [-0.25, -0.2) is 4.79 Å². The van der Waals surface area contributed by atoms with Gasteiger partial charge in [-0.3, -0.25) is 4.79 Å². The van der Waals surface area contributed by atoms with Crippen LogP contribution >= 0.6 is 0 Å². The smallest absolute Gasteiger partial charge is 0.355 e. The third-order valence-electron chi connectivity index (χ3n) is 4.44. The Morgan fingerprint density at radius 2 is 1.88 bits per heavy atom. The first-order valence-electron chi connectivity index (χ1n) is 8.51. The van der Waals surface area contributed by atoms with Crippen molar-refractivity contribution < 1.29 is 9.53 Å². The highest BCUT2D eigenvalue weighted by atomic mass is 16.5. The number of hydrogen-bond donors (Lipinski definition) is 2. The number of carbonyl (C=O) groups excluding carboxylic acids is 1. The van der Waals surface area contributed by atoms with Gasteiger partial charge >= 0.3 is 5.97 Å². The minimum Gasteiger partial charge on any atom is -0.461 e. The SMILES string of the molecule is CCOC(=O)c1[nH]c2[nH]c3ccccc3c(=O)c2c1-c1cccc(C)c1. The van der Waals surface area contributed by atoms with Crippen molar-refractivity contribution in [3.8, 4) is 11.1 Å². The number of rotatable bonds is 3. The van der Waals surface area contributed by atoms with Crippen molar-refractivity contribution in [3.63, 3.8) is 0 Å². The summed E-state index contributed by atoms with van der Waals surface area (Å²) in [5.41, 5.74) is 3.84. The minimum atomic E-state index is -0.475. The fraction of sp³-hybridized carbons (Fsp3) is 0.143. The van der Waals surface area contributed by atoms with E-state index >= 15 is 0 Å². The number of esters is 1. The Labute approximate surface area is 149 Å². The molecule has 0 amide bonds. The van der Waals surface area contributed by atoms with Gasteiger partial charge in [-0.1, -0.05) is 42.0 Å². The maximum absolute atomic E-state index is 13.2. The van der Waals surface area contributed by atoms with Crippen molar-refractivity contribution in [1.82, 2.24) is 9.97 Å². The van der Waals surface area contributed by atoms with Crippen LogP contribution in [0.5, 0.6) is 0 Å². The van der Waals surface area contributed by atoms with Crippen LogP contribution in [0.2, 0.25) is 0 Å². The molecule has 2 aromatic heterocycles. The summed E-state index contributed by atoms with van der Waals surface area (Å²) < 4.78 is 5.20. The van der Waals surface area contributed by atoms with Crippen LogP contribution < -0.4 is 5.43 Å². The first-order valence-corrected chi connectivity index (χ1v) is 8.51. The number of fused-ring (bicyclic) bond motifs is 2. The fourth-order valence-electron chi connectivity index (χ4n) is 3.33. The molecule has 0 unspecified atom stereocenters. The maximum atomic E-state index is 13.2. The summed E-state index contributed by atoms with van der Waals surface area (Å²) in [6, 6.07) is 15.1. The van der Waals surface area contributed by atoms with Crippen molar-refractivity contribution in [3.05, 3.63) is 70.0 Å². The van der Waals surface area contributed by atoms with Crippen LogP contribution in [0, 0.1) is 6.92 Å². The molecule has 130 valence electrons. The van der Waals surface area contributed by atoms with Gasteiger partial charge < -0.3 is 14.7 Å². The van der Waals surface area contributed by atoms with Gasteiger partial charge in [0, 0.05) is 10.9 Å². The molecule has 0 aliphatic heterocycles. The molecule has 0 bridgehead atoms. The standard InChI is InChI=1S/C21H18N2O3/c1-3-26-21(25)18-16(13-8-6-7-12(2)11-13)17-19(24)14-9-4-5-10-15(14)22-20(17)23-18/h4-11H,3H2,1-2H3,(H2,22,23,24). The van der Waals surface area contributed by atoms with Crippen molar-refractivity contribution in [1.29, 1.82) is 0 Å². The van der Waals surface area contributed by atoms with Gasteiger partial charge in [0.05, 0.1) is 17.5 Å². The number of para-hydroxylation sites is 1. The second-order valence-electron chi connectivity index (χ2n) is 6.21. The van der Waals surface area contributed by atoms with Crippen LogP contribution in [-0.2, 0) is 4.74 Å². The lowest BCUT2D eigenvalue weighted by Crippen LogP contribution is -2.07. The summed E-state index contributed by atoms with van der Waals surface area (Å²) >= 11 is 0. The molecule has 26 heavy (non-hydrogen) atoms. The molecule has 2 aromatic carbocycles. The molecule has 0 atom stereocenters. The van der Waals surface area contributed by atoms with Crippen LogP contribution in [0.25, 0.3) is 33.1 Å². The van der Waals surface area contributed by atoms with Crippen molar-refractivity contribution in [2.45, 2.75) is 13.8 Å². The highest BCUT2D eigenvalue weighted by Gasteiger charge is 2.23. The molecule has 5 heteroatoms. The molecule has 4 rings (SSSR count). The number of pyridine rings is 1. The van der Waals surface area contributed by atoms with Crippen LogP contribution in [0.3, 0.4) is 0 Å². The Kier molecular flexibility index (Phi) is 3.84. The molecule has 0 fully saturated rings. The van der Waals surface area contributed by atoms with Crippen LogP contribution in [0.15, 0.2) is 53.3 Å². The molecule has 0 spiro atoms. The van der Waals surface area contributed by atoms with Gasteiger partial charge in [0.2, 0.25) is 0 Å². The summed E-state index contributed by atoms with van der Waals surface area (Å²) in [5, 5.41) is 1.06. The predicted octanol–water partition coefficient (Wildman–Crippen LogP) is 4.16. The molecule has 0 aliphatic rings. The van der Waals surface area contributed by atoms with E-state index in [4.69, 9.17) is 4.74 Å². The van der Waals surface area contributed by atoms with E-state index in [2.05, 4.69) is 9.97 Å². The number of aromatic nitrogens is 2. The molecule has 0 radical (unpaired) electrons. The molecular formula is C21H18N2O3. The molecule has 4 aromatic rings. The van der Waals surface area contributed by atoms with Crippen LogP contribution in [-0.4, -0.2) is 22.5 Å². The van der Waals surface area contributed by atoms with Gasteiger partial charge in [0.15, 0.2) is 5.43 Å². The Bertz CT molecular complexity index is 1200. The first kappa shape index (κ1) is 16.1. The minimum absolute atomic E-state index is 0.113. The van der Waals surface area contributed by atoms with Gasteiger partial charge in [0.1, 0.15) is 11.3 Å². The highest BCUT2D eigenvalue weighted by Crippen LogP contribution is 2.32. The van der Waals surface area contributed by atoms with E-state index < -0.39 is 5.97 Å². The average Bonchev–Trinajstić information content (AvgIpc) is 3.02. The molecule has 2 N–H and O–H groups in total. The lowest BCUT2D eigenvalue weighted by atomic mass is 9.99. The summed E-state index contributed by atoms with van der Waals surface area (Å²) in [5.74, 6) is -0.475. The van der Waals surface area contributed by atoms with E-state index in [0.717, 1.165) is 16.6 Å². The molecular weight excluding hydrogens is 328 g/mol. The van der Waals surface area contributed by atoms with E-state index in [1.165, 1.54) is 0 Å². The Morgan fingerprint density at radius 1 is 1.08 bits per heavy atom. The van der Waals surface area contributed by atoms with Crippen LogP contribution in [0.1, 0.15) is 23.0 Å². The van der Waals surface area contributed by atoms with Crippen molar-refractivity contribution in [2.24, 2.45) is 0 Å². The third-order valence-corrected chi connectivity index (χ3v) is 4.44. The monoisotopic (exact) mass is 346 g/mol. The first-order chi connectivity index (χ1) is 12.6. The maximum Gasteiger partial charge on any atom is 0.355 e. The quantitative estimate of drug-likeness (QED) is 0.547. The highest BCUT2D eigenvalue weighted by molar-refractivity contribution is 6.09. The predicted molar refractivity (Wildman–Crippen MR) is 103 cm³/mol. The molecule has 5 nitrogen and oxygen atoms in total. The topological polar surface area (TPSA) is 75.0 Å². The van der Waals surface area contributed by atoms with Gasteiger partial charge in [-0.05, 0) is 31.5 Å². The van der Waals surface area contributed by atoms with E-state index in [-0.39, 0.29) is 17.7 Å². The Morgan fingerprint density at radius 3 is 2.65 bits per heavy atom. The zero-order valence-electron chi connectivity index (χ0n) is 14.6. The number of carbonyl (C=O) groups is 1. The lowest BCUT2D eigenvalue weighted by Gasteiger charge is -2.06. The summed E-state index contributed by atoms with van der Waals surface area (Å²) in [6.45, 7) is 3.99. The summed E-state index contributed by atoms with van der Waals surface area (Å²) in [4.78, 5) is 32.0. The fourth-order valence-corrected chi connectivity index (χ4v) is 3.33. The second-order valence-corrected chi connectivity index (χ2v) is 6.21. The average molecular weight is 346 g/mol. The van der Waals surface area contributed by atoms with Gasteiger partial charge in [0.25, 0.3) is 0 Å². The summed E-state index contributed by atoms with van der Waals surface area (Å²) in [6.07, 6.45) is 0. The molecule has 0 saturated heterocycles. The van der Waals surface area contributed by atoms with E-state index in [9.17, 15) is 9.59 Å². The van der Waals surface area contributed by atoms with E-state index in [0.29, 0.717) is 22.0 Å². The number of H-pyrrole nitrogens is 2. The zero-order valence-corrected chi connectivity index (χ0v) is 14.6. The number of nitrogens with one attached hydrogen (secondary N) is 2. The van der Waals surface area contributed by atoms with Crippen molar-refractivity contribution >= 4 is 27.9 Å². The van der Waals surface area contributed by atoms with Gasteiger partial charge in [-0.2, -0.15) is 0 Å². The number of benzene rings is 2. The Balaban J connectivity index is 2.14. The number of aromatic amines is 2. The van der Waals surface area contributed by atoms with Crippen LogP contribution in [0.4, 0.5) is 0 Å². The summed E-state index contributed by atoms with van der Waals surface area (Å²) in [7, 11) is 0. The lowest BCUT2D eigenvalue weighted by molar-refractivity contribution is 0.0521. The van der Waals surface area contributed by atoms with E-state index in [1.807, 2.05) is 49.4 Å².